The fourth-order valence-corrected chi connectivity index (χ4v) is 3.58. The second-order valence-electron chi connectivity index (χ2n) is 5.25. The van der Waals surface area contributed by atoms with Gasteiger partial charge in [0.2, 0.25) is 0 Å². The molecule has 0 N–H and O–H groups in total. The van der Waals surface area contributed by atoms with Crippen molar-refractivity contribution in [1.29, 1.82) is 0 Å². The van der Waals surface area contributed by atoms with E-state index in [1.807, 2.05) is 0 Å². The molecule has 3 rings (SSSR count). The Kier molecular flexibility index (Phi) is 2.08. The number of likely N-dealkylation sites (tertiary alicyclic amines) is 1. The van der Waals surface area contributed by atoms with Gasteiger partial charge in [-0.15, -0.1) is 0 Å². The van der Waals surface area contributed by atoms with Gasteiger partial charge in [0.15, 0.2) is 0 Å². The van der Waals surface area contributed by atoms with Gasteiger partial charge in [0.25, 0.3) is 0 Å². The second-order valence-corrected chi connectivity index (χ2v) is 5.25. The van der Waals surface area contributed by atoms with Crippen LogP contribution in [0.25, 0.3) is 0 Å². The standard InChI is InChI=1S/C12H21N/c1-2-7-13(8-3-1)12-6-4-5-10-9-11(10)12/h10-12H,1-9H2/t10-,11-,12-/m1/s1. The average Bonchev–Trinajstić information content (AvgIpc) is 2.97. The van der Waals surface area contributed by atoms with Gasteiger partial charge in [0.05, 0.1) is 0 Å². The Labute approximate surface area is 81.5 Å². The smallest absolute Gasteiger partial charge is 0.0126 e. The van der Waals surface area contributed by atoms with Crippen molar-refractivity contribution in [3.63, 3.8) is 0 Å². The third-order valence-electron chi connectivity index (χ3n) is 4.41. The monoisotopic (exact) mass is 179 g/mol. The molecule has 0 radical (unpaired) electrons. The lowest BCUT2D eigenvalue weighted by molar-refractivity contribution is 0.120. The molecule has 2 saturated carbocycles. The summed E-state index contributed by atoms with van der Waals surface area (Å²) in [5, 5.41) is 0. The third kappa shape index (κ3) is 1.52. The topological polar surface area (TPSA) is 3.24 Å². The van der Waals surface area contributed by atoms with Crippen LogP contribution in [0.15, 0.2) is 0 Å². The summed E-state index contributed by atoms with van der Waals surface area (Å²) >= 11 is 0. The van der Waals surface area contributed by atoms with Gasteiger partial charge in [-0.2, -0.15) is 0 Å². The lowest BCUT2D eigenvalue weighted by atomic mass is 9.93. The van der Waals surface area contributed by atoms with E-state index < -0.39 is 0 Å². The van der Waals surface area contributed by atoms with E-state index in [4.69, 9.17) is 0 Å². The van der Waals surface area contributed by atoms with Crippen molar-refractivity contribution >= 4 is 0 Å². The van der Waals surface area contributed by atoms with Crippen molar-refractivity contribution in [3.05, 3.63) is 0 Å². The van der Waals surface area contributed by atoms with Gasteiger partial charge < -0.3 is 4.90 Å². The highest BCUT2D eigenvalue weighted by molar-refractivity contribution is 4.99. The molecule has 0 bridgehead atoms. The van der Waals surface area contributed by atoms with E-state index in [0.29, 0.717) is 0 Å². The van der Waals surface area contributed by atoms with Gasteiger partial charge in [-0.05, 0) is 50.6 Å². The molecule has 0 aromatic rings. The zero-order valence-corrected chi connectivity index (χ0v) is 8.54. The number of nitrogens with zero attached hydrogens (tertiary/aromatic N) is 1. The molecule has 1 aliphatic heterocycles. The minimum Gasteiger partial charge on any atom is -0.300 e. The molecule has 1 heteroatoms. The lowest BCUT2D eigenvalue weighted by Crippen LogP contribution is -2.41. The molecular weight excluding hydrogens is 158 g/mol. The highest BCUT2D eigenvalue weighted by atomic mass is 15.2. The van der Waals surface area contributed by atoms with Crippen molar-refractivity contribution in [2.75, 3.05) is 13.1 Å². The van der Waals surface area contributed by atoms with Gasteiger partial charge >= 0.3 is 0 Å². The van der Waals surface area contributed by atoms with Gasteiger partial charge in [0.1, 0.15) is 0 Å². The molecule has 3 fully saturated rings. The minimum absolute atomic E-state index is 1.01. The van der Waals surface area contributed by atoms with E-state index in [9.17, 15) is 0 Å². The van der Waals surface area contributed by atoms with Crippen LogP contribution in [0.2, 0.25) is 0 Å². The molecule has 1 heterocycles. The number of rotatable bonds is 1. The predicted octanol–water partition coefficient (Wildman–Crippen LogP) is 2.66. The Bertz CT molecular complexity index is 184. The van der Waals surface area contributed by atoms with Crippen LogP contribution >= 0.6 is 0 Å². The van der Waals surface area contributed by atoms with Gasteiger partial charge in [-0.1, -0.05) is 19.3 Å². The Morgan fingerprint density at radius 1 is 0.846 bits per heavy atom. The summed E-state index contributed by atoms with van der Waals surface area (Å²) in [6.07, 6.45) is 10.6. The summed E-state index contributed by atoms with van der Waals surface area (Å²) in [5.74, 6) is 2.28. The van der Waals surface area contributed by atoms with Crippen molar-refractivity contribution < 1.29 is 0 Å². The number of piperidine rings is 1. The zero-order valence-electron chi connectivity index (χ0n) is 8.54. The van der Waals surface area contributed by atoms with Crippen LogP contribution in [0.5, 0.6) is 0 Å². The number of hydrogen-bond donors (Lipinski definition) is 0. The first kappa shape index (κ1) is 8.28. The minimum atomic E-state index is 1.01. The third-order valence-corrected chi connectivity index (χ3v) is 4.41. The molecule has 3 aliphatic rings. The van der Waals surface area contributed by atoms with Gasteiger partial charge in [0, 0.05) is 6.04 Å². The molecule has 3 atom stereocenters. The van der Waals surface area contributed by atoms with E-state index in [1.54, 1.807) is 12.8 Å². The molecule has 0 spiro atoms. The quantitative estimate of drug-likeness (QED) is 0.598. The molecular formula is C12H21N. The summed E-state index contributed by atoms with van der Waals surface area (Å²) in [6, 6.07) is 1.01. The van der Waals surface area contributed by atoms with E-state index in [-0.39, 0.29) is 0 Å². The van der Waals surface area contributed by atoms with Crippen LogP contribution in [0.4, 0.5) is 0 Å². The maximum absolute atomic E-state index is 2.81. The molecule has 0 unspecified atom stereocenters. The summed E-state index contributed by atoms with van der Waals surface area (Å²) < 4.78 is 0. The molecule has 74 valence electrons. The first-order valence-corrected chi connectivity index (χ1v) is 6.19. The molecule has 0 aromatic heterocycles. The van der Waals surface area contributed by atoms with Crippen LogP contribution in [-0.2, 0) is 0 Å². The highest BCUT2D eigenvalue weighted by Crippen LogP contribution is 2.51. The zero-order chi connectivity index (χ0) is 8.67. The highest BCUT2D eigenvalue weighted by Gasteiger charge is 2.47. The van der Waals surface area contributed by atoms with Crippen LogP contribution in [0.1, 0.15) is 44.9 Å². The Hall–Kier alpha value is -0.0400. The van der Waals surface area contributed by atoms with Crippen LogP contribution < -0.4 is 0 Å². The molecule has 2 aliphatic carbocycles. The average molecular weight is 179 g/mol. The van der Waals surface area contributed by atoms with E-state index >= 15 is 0 Å². The second kappa shape index (κ2) is 3.27. The Balaban J connectivity index is 1.62. The maximum atomic E-state index is 2.81. The summed E-state index contributed by atoms with van der Waals surface area (Å²) in [7, 11) is 0. The summed E-state index contributed by atoms with van der Waals surface area (Å²) in [5.41, 5.74) is 0. The fraction of sp³-hybridized carbons (Fsp3) is 1.00. The van der Waals surface area contributed by atoms with Crippen LogP contribution in [-0.4, -0.2) is 24.0 Å². The molecule has 1 nitrogen and oxygen atoms in total. The van der Waals surface area contributed by atoms with Gasteiger partial charge in [-0.25, -0.2) is 0 Å². The number of hydrogen-bond acceptors (Lipinski definition) is 1. The molecule has 0 aromatic carbocycles. The lowest BCUT2D eigenvalue weighted by Gasteiger charge is -2.36. The first-order valence-electron chi connectivity index (χ1n) is 6.19. The molecule has 0 amide bonds. The fourth-order valence-electron chi connectivity index (χ4n) is 3.58. The Morgan fingerprint density at radius 3 is 2.54 bits per heavy atom. The largest absolute Gasteiger partial charge is 0.300 e. The Morgan fingerprint density at radius 2 is 1.69 bits per heavy atom. The van der Waals surface area contributed by atoms with Crippen molar-refractivity contribution in [2.24, 2.45) is 11.8 Å². The van der Waals surface area contributed by atoms with Crippen LogP contribution in [0, 0.1) is 11.8 Å². The van der Waals surface area contributed by atoms with E-state index in [0.717, 1.165) is 17.9 Å². The van der Waals surface area contributed by atoms with Crippen molar-refractivity contribution in [3.8, 4) is 0 Å². The SMILES string of the molecule is C1CCN([C@@H]2CCC[C@@H]3C[C@H]32)CC1. The van der Waals surface area contributed by atoms with Crippen LogP contribution in [0.3, 0.4) is 0 Å². The van der Waals surface area contributed by atoms with E-state index in [2.05, 4.69) is 4.90 Å². The van der Waals surface area contributed by atoms with Gasteiger partial charge in [-0.3, -0.25) is 0 Å². The van der Waals surface area contributed by atoms with Crippen molar-refractivity contribution in [1.82, 2.24) is 4.90 Å². The summed E-state index contributed by atoms with van der Waals surface area (Å²) in [4.78, 5) is 2.81. The molecule has 1 saturated heterocycles. The van der Waals surface area contributed by atoms with E-state index in [1.165, 1.54) is 45.2 Å². The maximum Gasteiger partial charge on any atom is 0.0126 e. The summed E-state index contributed by atoms with van der Waals surface area (Å²) in [6.45, 7) is 2.82. The first-order chi connectivity index (χ1) is 6.45. The number of fused-ring (bicyclic) bond motifs is 1. The molecule has 13 heavy (non-hydrogen) atoms. The normalized spacial score (nSPS) is 45.7. The predicted molar refractivity (Wildman–Crippen MR) is 54.7 cm³/mol. The van der Waals surface area contributed by atoms with Crippen molar-refractivity contribution in [2.45, 2.75) is 51.0 Å².